The van der Waals surface area contributed by atoms with Gasteiger partial charge in [0.25, 0.3) is 0 Å². The summed E-state index contributed by atoms with van der Waals surface area (Å²) in [5.41, 5.74) is 0. The largest absolute Gasteiger partial charge is 0.462 e. The van der Waals surface area contributed by atoms with Crippen molar-refractivity contribution in [2.45, 2.75) is 277 Å². The third-order valence-electron chi connectivity index (χ3n) is 11.3. The molecule has 0 N–H and O–H groups in total. The molecule has 0 aromatic heterocycles. The number of carbonyl (C=O) groups is 3. The van der Waals surface area contributed by atoms with Crippen LogP contribution in [0.15, 0.2) is 36.5 Å². The molecule has 1 unspecified atom stereocenters. The fourth-order valence-corrected chi connectivity index (χ4v) is 7.42. The van der Waals surface area contributed by atoms with Gasteiger partial charge in [-0.15, -0.1) is 0 Å². The molecule has 0 saturated carbocycles. The summed E-state index contributed by atoms with van der Waals surface area (Å²) in [6, 6.07) is 0. The van der Waals surface area contributed by atoms with E-state index in [1.807, 2.05) is 0 Å². The molecule has 6 heteroatoms. The lowest BCUT2D eigenvalue weighted by molar-refractivity contribution is -0.167. The van der Waals surface area contributed by atoms with E-state index < -0.39 is 6.10 Å². The highest BCUT2D eigenvalue weighted by Crippen LogP contribution is 2.15. The molecule has 0 saturated heterocycles. The van der Waals surface area contributed by atoms with Crippen molar-refractivity contribution in [3.8, 4) is 0 Å². The second-order valence-corrected chi connectivity index (χ2v) is 17.4. The summed E-state index contributed by atoms with van der Waals surface area (Å²) in [6.07, 6.45) is 57.0. The summed E-state index contributed by atoms with van der Waals surface area (Å²) in [5.74, 6) is -0.887. The van der Waals surface area contributed by atoms with E-state index in [1.165, 1.54) is 141 Å². The lowest BCUT2D eigenvalue weighted by atomic mass is 10.1. The first-order valence-electron chi connectivity index (χ1n) is 26.0. The normalized spacial score (nSPS) is 12.2. The Morgan fingerprint density at radius 2 is 0.633 bits per heavy atom. The molecule has 0 aliphatic carbocycles. The summed E-state index contributed by atoms with van der Waals surface area (Å²) in [5, 5.41) is 0. The summed E-state index contributed by atoms with van der Waals surface area (Å²) in [7, 11) is 0. The Morgan fingerprint density at radius 1 is 0.333 bits per heavy atom. The van der Waals surface area contributed by atoms with Crippen LogP contribution < -0.4 is 0 Å². The van der Waals surface area contributed by atoms with Gasteiger partial charge in [-0.3, -0.25) is 14.4 Å². The van der Waals surface area contributed by atoms with Crippen LogP contribution >= 0.6 is 0 Å². The third kappa shape index (κ3) is 46.7. The molecule has 0 aliphatic heterocycles. The maximum absolute atomic E-state index is 12.8. The van der Waals surface area contributed by atoms with Crippen molar-refractivity contribution in [2.75, 3.05) is 13.2 Å². The number of carbonyl (C=O) groups excluding carboxylic acids is 3. The first kappa shape index (κ1) is 57.6. The van der Waals surface area contributed by atoms with Gasteiger partial charge in [-0.05, 0) is 70.6 Å². The van der Waals surface area contributed by atoms with Gasteiger partial charge >= 0.3 is 17.9 Å². The number of esters is 3. The Labute approximate surface area is 372 Å². The van der Waals surface area contributed by atoms with Gasteiger partial charge in [0, 0.05) is 19.3 Å². The maximum atomic E-state index is 12.8. The molecule has 0 aliphatic rings. The van der Waals surface area contributed by atoms with Crippen LogP contribution in [0.25, 0.3) is 0 Å². The van der Waals surface area contributed by atoms with Crippen LogP contribution in [-0.2, 0) is 28.6 Å². The predicted octanol–water partition coefficient (Wildman–Crippen LogP) is 16.9. The summed E-state index contributed by atoms with van der Waals surface area (Å²) >= 11 is 0. The van der Waals surface area contributed by atoms with Crippen LogP contribution in [0.3, 0.4) is 0 Å². The topological polar surface area (TPSA) is 78.9 Å². The van der Waals surface area contributed by atoms with Gasteiger partial charge < -0.3 is 14.2 Å². The summed E-state index contributed by atoms with van der Waals surface area (Å²) in [4.78, 5) is 37.9. The molecule has 1 atom stereocenters. The van der Waals surface area contributed by atoms with Gasteiger partial charge in [-0.25, -0.2) is 0 Å². The molecule has 0 fully saturated rings. The second-order valence-electron chi connectivity index (χ2n) is 17.4. The van der Waals surface area contributed by atoms with E-state index in [0.717, 1.165) is 89.9 Å². The molecule has 0 amide bonds. The van der Waals surface area contributed by atoms with Crippen molar-refractivity contribution in [1.82, 2.24) is 0 Å². The van der Waals surface area contributed by atoms with Gasteiger partial charge in [0.05, 0.1) is 0 Å². The molecule has 0 radical (unpaired) electrons. The van der Waals surface area contributed by atoms with Crippen molar-refractivity contribution in [3.05, 3.63) is 36.5 Å². The average Bonchev–Trinajstić information content (AvgIpc) is 3.24. The molecule has 0 heterocycles. The molecule has 0 aromatic carbocycles. The number of hydrogen-bond acceptors (Lipinski definition) is 6. The van der Waals surface area contributed by atoms with Gasteiger partial charge in [-0.1, -0.05) is 218 Å². The minimum absolute atomic E-state index is 0.0766. The van der Waals surface area contributed by atoms with Crippen LogP contribution in [0.1, 0.15) is 271 Å². The number of rotatable bonds is 47. The van der Waals surface area contributed by atoms with Crippen molar-refractivity contribution in [1.29, 1.82) is 0 Å². The number of hydrogen-bond donors (Lipinski definition) is 0. The Hall–Kier alpha value is -2.37. The highest BCUT2D eigenvalue weighted by Gasteiger charge is 2.19. The fourth-order valence-electron chi connectivity index (χ4n) is 7.42. The summed E-state index contributed by atoms with van der Waals surface area (Å²) in [6.45, 7) is 6.57. The first-order valence-corrected chi connectivity index (χ1v) is 26.0. The minimum Gasteiger partial charge on any atom is -0.462 e. The van der Waals surface area contributed by atoms with Crippen LogP contribution in [0.5, 0.6) is 0 Å². The fraction of sp³-hybridized carbons (Fsp3) is 0.833. The molecule has 0 spiro atoms. The van der Waals surface area contributed by atoms with Gasteiger partial charge in [0.15, 0.2) is 6.10 Å². The Balaban J connectivity index is 4.33. The highest BCUT2D eigenvalue weighted by atomic mass is 16.6. The van der Waals surface area contributed by atoms with Gasteiger partial charge in [0.2, 0.25) is 0 Å². The van der Waals surface area contributed by atoms with Crippen LogP contribution in [0.4, 0.5) is 0 Å². The predicted molar refractivity (Wildman–Crippen MR) is 256 cm³/mol. The van der Waals surface area contributed by atoms with Crippen molar-refractivity contribution < 1.29 is 28.6 Å². The SMILES string of the molecule is CCC/C=C\C/C=C\CCCCCCCC(=O)OC(COC(=O)CCCCCCCCC/C=C\CCCCCCCCC)COC(=O)CCCCCCCCCCCCC. The van der Waals surface area contributed by atoms with E-state index >= 15 is 0 Å². The maximum Gasteiger partial charge on any atom is 0.306 e. The molecular formula is C54H98O6. The Kier molecular flexibility index (Phi) is 47.3. The molecule has 350 valence electrons. The Morgan fingerprint density at radius 3 is 1.00 bits per heavy atom. The zero-order chi connectivity index (χ0) is 43.7. The molecule has 0 bridgehead atoms. The quantitative estimate of drug-likeness (QED) is 0.0263. The zero-order valence-electron chi connectivity index (χ0n) is 40.0. The Bertz CT molecular complexity index is 1020. The number of ether oxygens (including phenoxy) is 3. The van der Waals surface area contributed by atoms with E-state index in [-0.39, 0.29) is 31.1 Å². The van der Waals surface area contributed by atoms with E-state index in [0.29, 0.717) is 19.3 Å². The molecule has 60 heavy (non-hydrogen) atoms. The number of unbranched alkanes of at least 4 members (excludes halogenated alkanes) is 30. The second kappa shape index (κ2) is 49.3. The lowest BCUT2D eigenvalue weighted by Gasteiger charge is -2.18. The van der Waals surface area contributed by atoms with E-state index in [9.17, 15) is 14.4 Å². The van der Waals surface area contributed by atoms with Crippen molar-refractivity contribution in [2.24, 2.45) is 0 Å². The van der Waals surface area contributed by atoms with Crippen LogP contribution in [-0.4, -0.2) is 37.2 Å². The molecule has 6 nitrogen and oxygen atoms in total. The van der Waals surface area contributed by atoms with Crippen molar-refractivity contribution in [3.63, 3.8) is 0 Å². The lowest BCUT2D eigenvalue weighted by Crippen LogP contribution is -2.30. The van der Waals surface area contributed by atoms with E-state index in [1.54, 1.807) is 0 Å². The van der Waals surface area contributed by atoms with E-state index in [4.69, 9.17) is 14.2 Å². The first-order chi connectivity index (χ1) is 29.5. The number of allylic oxidation sites excluding steroid dienone is 6. The molecular weight excluding hydrogens is 745 g/mol. The van der Waals surface area contributed by atoms with Gasteiger partial charge in [0.1, 0.15) is 13.2 Å². The minimum atomic E-state index is -0.776. The zero-order valence-corrected chi connectivity index (χ0v) is 40.0. The third-order valence-corrected chi connectivity index (χ3v) is 11.3. The van der Waals surface area contributed by atoms with Gasteiger partial charge in [-0.2, -0.15) is 0 Å². The van der Waals surface area contributed by atoms with Crippen LogP contribution in [0.2, 0.25) is 0 Å². The highest BCUT2D eigenvalue weighted by molar-refractivity contribution is 5.71. The van der Waals surface area contributed by atoms with Crippen LogP contribution in [0, 0.1) is 0 Å². The average molecular weight is 843 g/mol. The van der Waals surface area contributed by atoms with Crippen molar-refractivity contribution >= 4 is 17.9 Å². The standard InChI is InChI=1S/C54H98O6/c1-4-7-10-13-16-19-22-24-25-26-27-28-30-32-35-38-41-44-47-53(56)59-50-51(49-58-52(55)46-43-40-37-34-31-21-18-15-12-9-6-3)60-54(57)48-45-42-39-36-33-29-23-20-17-14-11-8-5-2/h11,14,20,23,25-26,51H,4-10,12-13,15-19,21-22,24,27-50H2,1-3H3/b14-11-,23-20-,26-25-. The summed E-state index contributed by atoms with van der Waals surface area (Å²) < 4.78 is 16.8. The van der Waals surface area contributed by atoms with E-state index in [2.05, 4.69) is 57.2 Å². The molecule has 0 rings (SSSR count). The molecule has 0 aromatic rings. The smallest absolute Gasteiger partial charge is 0.306 e. The monoisotopic (exact) mass is 843 g/mol.